The predicted molar refractivity (Wildman–Crippen MR) is 68.1 cm³/mol. The molecule has 1 aromatic rings. The summed E-state index contributed by atoms with van der Waals surface area (Å²) in [5.74, 6) is 0. The maximum atomic E-state index is 9.53. The first kappa shape index (κ1) is 12.6. The molecule has 0 bridgehead atoms. The average Bonchev–Trinajstić information content (AvgIpc) is 2.71. The van der Waals surface area contributed by atoms with Crippen molar-refractivity contribution in [1.29, 1.82) is 0 Å². The van der Waals surface area contributed by atoms with E-state index < -0.39 is 0 Å². The topological polar surface area (TPSA) is 41.5 Å². The number of hydrogen-bond acceptors (Lipinski definition) is 3. The molecular formula is C14H21NO2. The molecule has 0 spiro atoms. The summed E-state index contributed by atoms with van der Waals surface area (Å²) in [7, 11) is 1.62. The van der Waals surface area contributed by atoms with E-state index >= 15 is 0 Å². The van der Waals surface area contributed by atoms with Gasteiger partial charge >= 0.3 is 0 Å². The third-order valence-corrected chi connectivity index (χ3v) is 3.32. The molecule has 94 valence electrons. The van der Waals surface area contributed by atoms with Crippen LogP contribution in [0, 0.1) is 0 Å². The number of benzene rings is 1. The molecule has 0 radical (unpaired) electrons. The minimum absolute atomic E-state index is 0.351. The first-order valence-electron chi connectivity index (χ1n) is 6.26. The Morgan fingerprint density at radius 1 is 1.35 bits per heavy atom. The van der Waals surface area contributed by atoms with Crippen molar-refractivity contribution in [2.45, 2.75) is 31.4 Å². The molecule has 0 saturated carbocycles. The fraction of sp³-hybridized carbons (Fsp3) is 0.571. The van der Waals surface area contributed by atoms with Gasteiger partial charge in [-0.25, -0.2) is 0 Å². The van der Waals surface area contributed by atoms with Crippen molar-refractivity contribution in [1.82, 2.24) is 5.32 Å². The van der Waals surface area contributed by atoms with Crippen molar-refractivity contribution >= 4 is 0 Å². The first-order valence-corrected chi connectivity index (χ1v) is 6.26. The van der Waals surface area contributed by atoms with Crippen LogP contribution in [0.2, 0.25) is 0 Å². The Hall–Kier alpha value is -0.900. The smallest absolute Gasteiger partial charge is 0.0785 e. The molecule has 0 saturated heterocycles. The summed E-state index contributed by atoms with van der Waals surface area (Å²) >= 11 is 0. The van der Waals surface area contributed by atoms with E-state index in [0.29, 0.717) is 12.6 Å². The van der Waals surface area contributed by atoms with E-state index in [1.54, 1.807) is 7.11 Å². The van der Waals surface area contributed by atoms with Gasteiger partial charge in [0.15, 0.2) is 0 Å². The van der Waals surface area contributed by atoms with Crippen LogP contribution in [0.3, 0.4) is 0 Å². The fourth-order valence-electron chi connectivity index (χ4n) is 2.43. The lowest BCUT2D eigenvalue weighted by Gasteiger charge is -2.14. The van der Waals surface area contributed by atoms with E-state index in [1.807, 2.05) is 0 Å². The summed E-state index contributed by atoms with van der Waals surface area (Å²) in [6.45, 7) is 1.27. The largest absolute Gasteiger partial charge is 0.391 e. The maximum Gasteiger partial charge on any atom is 0.0785 e. The normalized spacial score (nSPS) is 17.1. The highest BCUT2D eigenvalue weighted by Crippen LogP contribution is 2.21. The Morgan fingerprint density at radius 3 is 2.59 bits per heavy atom. The van der Waals surface area contributed by atoms with Crippen LogP contribution in [0.4, 0.5) is 0 Å². The highest BCUT2D eigenvalue weighted by molar-refractivity contribution is 5.33. The van der Waals surface area contributed by atoms with Gasteiger partial charge in [0.1, 0.15) is 0 Å². The lowest BCUT2D eigenvalue weighted by molar-refractivity contribution is 0.0590. The van der Waals surface area contributed by atoms with E-state index in [9.17, 15) is 5.11 Å². The number of hydrogen-bond donors (Lipinski definition) is 2. The summed E-state index contributed by atoms with van der Waals surface area (Å²) in [6.07, 6.45) is 2.62. The van der Waals surface area contributed by atoms with E-state index in [4.69, 9.17) is 4.74 Å². The zero-order valence-corrected chi connectivity index (χ0v) is 10.4. The molecule has 0 amide bonds. The van der Waals surface area contributed by atoms with E-state index in [0.717, 1.165) is 25.8 Å². The molecule has 1 aliphatic rings. The minimum atomic E-state index is -0.351. The van der Waals surface area contributed by atoms with Crippen molar-refractivity contribution < 1.29 is 9.84 Å². The lowest BCUT2D eigenvalue weighted by Crippen LogP contribution is -2.32. The third kappa shape index (κ3) is 3.53. The van der Waals surface area contributed by atoms with Gasteiger partial charge in [0.05, 0.1) is 12.7 Å². The van der Waals surface area contributed by atoms with E-state index in [2.05, 4.69) is 29.6 Å². The molecule has 3 nitrogen and oxygen atoms in total. The molecule has 2 N–H and O–H groups in total. The molecule has 0 aliphatic heterocycles. The van der Waals surface area contributed by atoms with Gasteiger partial charge in [-0.3, -0.25) is 0 Å². The first-order chi connectivity index (χ1) is 8.29. The number of aliphatic hydroxyl groups is 1. The van der Waals surface area contributed by atoms with Crippen LogP contribution in [0.1, 0.15) is 17.5 Å². The number of methoxy groups -OCH3 is 1. The van der Waals surface area contributed by atoms with Gasteiger partial charge in [-0.15, -0.1) is 0 Å². The SMILES string of the molecule is COCC(O)CCNC1Cc2ccccc2C1. The summed E-state index contributed by atoms with van der Waals surface area (Å²) < 4.78 is 4.90. The van der Waals surface area contributed by atoms with Crippen molar-refractivity contribution in [2.24, 2.45) is 0 Å². The van der Waals surface area contributed by atoms with Gasteiger partial charge < -0.3 is 15.2 Å². The van der Waals surface area contributed by atoms with Crippen LogP contribution in [0.5, 0.6) is 0 Å². The highest BCUT2D eigenvalue weighted by atomic mass is 16.5. The van der Waals surface area contributed by atoms with Gasteiger partial charge in [-0.05, 0) is 36.9 Å². The average molecular weight is 235 g/mol. The van der Waals surface area contributed by atoms with Crippen molar-refractivity contribution in [2.75, 3.05) is 20.3 Å². The summed E-state index contributed by atoms with van der Waals surface area (Å²) in [5.41, 5.74) is 2.92. The highest BCUT2D eigenvalue weighted by Gasteiger charge is 2.20. The zero-order chi connectivity index (χ0) is 12.1. The van der Waals surface area contributed by atoms with Gasteiger partial charge in [0.2, 0.25) is 0 Å². The molecule has 0 heterocycles. The molecule has 17 heavy (non-hydrogen) atoms. The van der Waals surface area contributed by atoms with Gasteiger partial charge in [-0.2, -0.15) is 0 Å². The fourth-order valence-corrected chi connectivity index (χ4v) is 2.43. The van der Waals surface area contributed by atoms with Crippen LogP contribution >= 0.6 is 0 Å². The molecule has 0 aromatic heterocycles. The predicted octanol–water partition coefficient (Wildman–Crippen LogP) is 1.14. The van der Waals surface area contributed by atoms with Crippen LogP contribution in [0.25, 0.3) is 0 Å². The molecule has 1 aliphatic carbocycles. The molecule has 1 unspecified atom stereocenters. The molecule has 2 rings (SSSR count). The van der Waals surface area contributed by atoms with Crippen LogP contribution in [-0.2, 0) is 17.6 Å². The molecule has 1 aromatic carbocycles. The second kappa shape index (κ2) is 6.15. The monoisotopic (exact) mass is 235 g/mol. The Bertz CT molecular complexity index is 329. The lowest BCUT2D eigenvalue weighted by atomic mass is 10.1. The third-order valence-electron chi connectivity index (χ3n) is 3.32. The maximum absolute atomic E-state index is 9.53. The van der Waals surface area contributed by atoms with E-state index in [-0.39, 0.29) is 6.10 Å². The molecule has 0 fully saturated rings. The zero-order valence-electron chi connectivity index (χ0n) is 10.4. The Labute approximate surface area is 103 Å². The molecule has 3 heteroatoms. The Balaban J connectivity index is 1.70. The number of ether oxygens (including phenoxy) is 1. The van der Waals surface area contributed by atoms with Crippen LogP contribution in [0.15, 0.2) is 24.3 Å². The Kier molecular flexibility index (Phi) is 4.54. The molecule has 1 atom stereocenters. The second-order valence-corrected chi connectivity index (χ2v) is 4.73. The number of rotatable bonds is 6. The number of nitrogens with one attached hydrogen (secondary N) is 1. The summed E-state index contributed by atoms with van der Waals surface area (Å²) in [4.78, 5) is 0. The summed E-state index contributed by atoms with van der Waals surface area (Å²) in [5, 5.41) is 13.0. The standard InChI is InChI=1S/C14H21NO2/c1-17-10-14(16)6-7-15-13-8-11-4-2-3-5-12(11)9-13/h2-5,13-16H,6-10H2,1H3. The van der Waals surface area contributed by atoms with Crippen molar-refractivity contribution in [3.05, 3.63) is 35.4 Å². The van der Waals surface area contributed by atoms with Crippen molar-refractivity contribution in [3.63, 3.8) is 0 Å². The number of aliphatic hydroxyl groups excluding tert-OH is 1. The Morgan fingerprint density at radius 2 is 2.00 bits per heavy atom. The van der Waals surface area contributed by atoms with Gasteiger partial charge in [0.25, 0.3) is 0 Å². The quantitative estimate of drug-likeness (QED) is 0.777. The minimum Gasteiger partial charge on any atom is -0.391 e. The van der Waals surface area contributed by atoms with Crippen molar-refractivity contribution in [3.8, 4) is 0 Å². The van der Waals surface area contributed by atoms with Crippen LogP contribution < -0.4 is 5.32 Å². The van der Waals surface area contributed by atoms with E-state index in [1.165, 1.54) is 11.1 Å². The number of fused-ring (bicyclic) bond motifs is 1. The van der Waals surface area contributed by atoms with Crippen LogP contribution in [-0.4, -0.2) is 37.5 Å². The molecular weight excluding hydrogens is 214 g/mol. The van der Waals surface area contributed by atoms with Gasteiger partial charge in [0, 0.05) is 13.2 Å². The summed E-state index contributed by atoms with van der Waals surface area (Å²) in [6, 6.07) is 9.14. The van der Waals surface area contributed by atoms with Gasteiger partial charge in [-0.1, -0.05) is 24.3 Å². The second-order valence-electron chi connectivity index (χ2n) is 4.73.